The highest BCUT2D eigenvalue weighted by Crippen LogP contribution is 2.31. The number of benzene rings is 1. The second-order valence-electron chi connectivity index (χ2n) is 5.26. The van der Waals surface area contributed by atoms with E-state index in [-0.39, 0.29) is 5.91 Å². The minimum Gasteiger partial charge on any atom is -0.490 e. The van der Waals surface area contributed by atoms with E-state index in [4.69, 9.17) is 4.74 Å². The molecule has 0 radical (unpaired) electrons. The highest BCUT2D eigenvalue weighted by atomic mass is 16.5. The third-order valence-electron chi connectivity index (χ3n) is 3.96. The molecular formula is C15H20N2O2. The second-order valence-corrected chi connectivity index (χ2v) is 5.26. The van der Waals surface area contributed by atoms with E-state index in [0.717, 1.165) is 30.9 Å². The standard InChI is InChI=1S/C15H20N2O2/c18-15(6-5-12-7-8-16-11-12)17-9-10-19-14-4-2-1-3-13(14)17/h1-4,12,16H,5-11H2. The first-order valence-electron chi connectivity index (χ1n) is 7.07. The summed E-state index contributed by atoms with van der Waals surface area (Å²) in [4.78, 5) is 14.2. The number of anilines is 1. The van der Waals surface area contributed by atoms with Crippen LogP contribution >= 0.6 is 0 Å². The number of fused-ring (bicyclic) bond motifs is 1. The summed E-state index contributed by atoms with van der Waals surface area (Å²) in [5.74, 6) is 1.72. The molecule has 4 heteroatoms. The Bertz CT molecular complexity index is 455. The largest absolute Gasteiger partial charge is 0.490 e. The Morgan fingerprint density at radius 1 is 1.42 bits per heavy atom. The van der Waals surface area contributed by atoms with E-state index in [1.807, 2.05) is 29.2 Å². The molecule has 1 unspecified atom stereocenters. The first kappa shape index (κ1) is 12.5. The first-order chi connectivity index (χ1) is 9.34. The molecule has 1 N–H and O–H groups in total. The minimum absolute atomic E-state index is 0.225. The molecule has 3 rings (SSSR count). The van der Waals surface area contributed by atoms with Crippen LogP contribution in [0.5, 0.6) is 5.75 Å². The van der Waals surface area contributed by atoms with E-state index in [9.17, 15) is 4.79 Å². The van der Waals surface area contributed by atoms with Crippen LogP contribution in [0.25, 0.3) is 0 Å². The third kappa shape index (κ3) is 2.73. The van der Waals surface area contributed by atoms with E-state index < -0.39 is 0 Å². The van der Waals surface area contributed by atoms with Gasteiger partial charge in [0.2, 0.25) is 5.91 Å². The normalized spacial score (nSPS) is 21.9. The van der Waals surface area contributed by atoms with Crippen molar-refractivity contribution in [2.75, 3.05) is 31.1 Å². The summed E-state index contributed by atoms with van der Waals surface area (Å²) in [6, 6.07) is 7.78. The summed E-state index contributed by atoms with van der Waals surface area (Å²) in [6.07, 6.45) is 2.83. The van der Waals surface area contributed by atoms with Gasteiger partial charge in [-0.05, 0) is 44.0 Å². The van der Waals surface area contributed by atoms with Crippen molar-refractivity contribution in [3.8, 4) is 5.75 Å². The average molecular weight is 260 g/mol. The van der Waals surface area contributed by atoms with E-state index >= 15 is 0 Å². The molecule has 1 aromatic carbocycles. The maximum atomic E-state index is 12.4. The van der Waals surface area contributed by atoms with Crippen molar-refractivity contribution in [3.05, 3.63) is 24.3 Å². The van der Waals surface area contributed by atoms with Gasteiger partial charge in [-0.2, -0.15) is 0 Å². The van der Waals surface area contributed by atoms with Gasteiger partial charge in [0.15, 0.2) is 0 Å². The number of amides is 1. The Kier molecular flexibility index (Phi) is 3.69. The molecule has 1 aromatic rings. The molecule has 2 aliphatic heterocycles. The molecule has 1 atom stereocenters. The van der Waals surface area contributed by atoms with Crippen molar-refractivity contribution in [3.63, 3.8) is 0 Å². The highest BCUT2D eigenvalue weighted by molar-refractivity contribution is 5.95. The predicted molar refractivity (Wildman–Crippen MR) is 74.5 cm³/mol. The monoisotopic (exact) mass is 260 g/mol. The summed E-state index contributed by atoms with van der Waals surface area (Å²) in [5, 5.41) is 3.35. The van der Waals surface area contributed by atoms with Crippen LogP contribution in [0.1, 0.15) is 19.3 Å². The summed E-state index contributed by atoms with van der Waals surface area (Å²) in [6.45, 7) is 3.42. The lowest BCUT2D eigenvalue weighted by Gasteiger charge is -2.29. The molecule has 0 spiro atoms. The van der Waals surface area contributed by atoms with Crippen molar-refractivity contribution in [1.82, 2.24) is 5.32 Å². The van der Waals surface area contributed by atoms with E-state index in [0.29, 0.717) is 25.5 Å². The zero-order valence-electron chi connectivity index (χ0n) is 11.1. The van der Waals surface area contributed by atoms with Crippen LogP contribution in [-0.2, 0) is 4.79 Å². The zero-order chi connectivity index (χ0) is 13.1. The number of ether oxygens (including phenoxy) is 1. The molecule has 1 fully saturated rings. The summed E-state index contributed by atoms with van der Waals surface area (Å²) in [7, 11) is 0. The molecule has 0 aromatic heterocycles. The van der Waals surface area contributed by atoms with Gasteiger partial charge in [-0.15, -0.1) is 0 Å². The molecule has 19 heavy (non-hydrogen) atoms. The number of carbonyl (C=O) groups excluding carboxylic acids is 1. The molecular weight excluding hydrogens is 240 g/mol. The maximum Gasteiger partial charge on any atom is 0.227 e. The topological polar surface area (TPSA) is 41.6 Å². The van der Waals surface area contributed by atoms with Gasteiger partial charge in [0.05, 0.1) is 12.2 Å². The van der Waals surface area contributed by atoms with Gasteiger partial charge in [0, 0.05) is 6.42 Å². The lowest BCUT2D eigenvalue weighted by Crippen LogP contribution is -2.38. The van der Waals surface area contributed by atoms with Crippen LogP contribution in [0.2, 0.25) is 0 Å². The number of carbonyl (C=O) groups is 1. The molecule has 1 amide bonds. The Labute approximate surface area is 113 Å². The Hall–Kier alpha value is -1.55. The molecule has 0 saturated carbocycles. The number of nitrogens with zero attached hydrogens (tertiary/aromatic N) is 1. The molecule has 0 aliphatic carbocycles. The molecule has 1 saturated heterocycles. The van der Waals surface area contributed by atoms with Crippen molar-refractivity contribution in [1.29, 1.82) is 0 Å². The second kappa shape index (κ2) is 5.61. The quantitative estimate of drug-likeness (QED) is 0.901. The van der Waals surface area contributed by atoms with Crippen LogP contribution in [0.4, 0.5) is 5.69 Å². The first-order valence-corrected chi connectivity index (χ1v) is 7.07. The predicted octanol–water partition coefficient (Wildman–Crippen LogP) is 1.80. The van der Waals surface area contributed by atoms with Gasteiger partial charge in [0.25, 0.3) is 0 Å². The van der Waals surface area contributed by atoms with E-state index in [1.165, 1.54) is 6.42 Å². The number of hydrogen-bond donors (Lipinski definition) is 1. The van der Waals surface area contributed by atoms with Gasteiger partial charge in [0.1, 0.15) is 12.4 Å². The Morgan fingerprint density at radius 3 is 3.16 bits per heavy atom. The van der Waals surface area contributed by atoms with Crippen LogP contribution in [0, 0.1) is 5.92 Å². The fourth-order valence-corrected chi connectivity index (χ4v) is 2.85. The van der Waals surface area contributed by atoms with Crippen LogP contribution in [0.3, 0.4) is 0 Å². The van der Waals surface area contributed by atoms with Crippen LogP contribution in [-0.4, -0.2) is 32.1 Å². The fourth-order valence-electron chi connectivity index (χ4n) is 2.85. The molecule has 102 valence electrons. The number of para-hydroxylation sites is 2. The zero-order valence-corrected chi connectivity index (χ0v) is 11.1. The van der Waals surface area contributed by atoms with Gasteiger partial charge >= 0.3 is 0 Å². The number of rotatable bonds is 3. The Balaban J connectivity index is 1.64. The maximum absolute atomic E-state index is 12.4. The Morgan fingerprint density at radius 2 is 2.32 bits per heavy atom. The molecule has 2 heterocycles. The van der Waals surface area contributed by atoms with Crippen LogP contribution in [0.15, 0.2) is 24.3 Å². The van der Waals surface area contributed by atoms with Crippen LogP contribution < -0.4 is 15.0 Å². The van der Waals surface area contributed by atoms with Crippen molar-refractivity contribution in [2.45, 2.75) is 19.3 Å². The van der Waals surface area contributed by atoms with Gasteiger partial charge < -0.3 is 15.0 Å². The average Bonchev–Trinajstić information content (AvgIpc) is 2.97. The number of nitrogens with one attached hydrogen (secondary N) is 1. The van der Waals surface area contributed by atoms with Crippen molar-refractivity contribution in [2.24, 2.45) is 5.92 Å². The lowest BCUT2D eigenvalue weighted by molar-refractivity contribution is -0.119. The SMILES string of the molecule is O=C(CCC1CCNC1)N1CCOc2ccccc21. The van der Waals surface area contributed by atoms with Gasteiger partial charge in [-0.3, -0.25) is 4.79 Å². The minimum atomic E-state index is 0.225. The smallest absolute Gasteiger partial charge is 0.227 e. The summed E-state index contributed by atoms with van der Waals surface area (Å²) < 4.78 is 5.58. The van der Waals surface area contributed by atoms with Gasteiger partial charge in [-0.1, -0.05) is 12.1 Å². The summed E-state index contributed by atoms with van der Waals surface area (Å²) >= 11 is 0. The highest BCUT2D eigenvalue weighted by Gasteiger charge is 2.24. The fraction of sp³-hybridized carbons (Fsp3) is 0.533. The third-order valence-corrected chi connectivity index (χ3v) is 3.96. The number of hydrogen-bond acceptors (Lipinski definition) is 3. The molecule has 0 bridgehead atoms. The van der Waals surface area contributed by atoms with E-state index in [1.54, 1.807) is 0 Å². The van der Waals surface area contributed by atoms with Crippen molar-refractivity contribution >= 4 is 11.6 Å². The lowest BCUT2D eigenvalue weighted by atomic mass is 10.0. The molecule has 4 nitrogen and oxygen atoms in total. The molecule has 2 aliphatic rings. The van der Waals surface area contributed by atoms with Gasteiger partial charge in [-0.25, -0.2) is 0 Å². The summed E-state index contributed by atoms with van der Waals surface area (Å²) in [5.41, 5.74) is 0.920. The van der Waals surface area contributed by atoms with Crippen molar-refractivity contribution < 1.29 is 9.53 Å². The van der Waals surface area contributed by atoms with E-state index in [2.05, 4.69) is 5.32 Å².